The van der Waals surface area contributed by atoms with Crippen molar-refractivity contribution in [2.24, 2.45) is 0 Å². The predicted molar refractivity (Wildman–Crippen MR) is 113 cm³/mol. The summed E-state index contributed by atoms with van der Waals surface area (Å²) < 4.78 is 5.95. The molecule has 1 atom stereocenters. The zero-order valence-corrected chi connectivity index (χ0v) is 17.6. The summed E-state index contributed by atoms with van der Waals surface area (Å²) in [5.41, 5.74) is 2.65. The van der Waals surface area contributed by atoms with Crippen molar-refractivity contribution >= 4 is 17.5 Å². The van der Waals surface area contributed by atoms with Gasteiger partial charge in [0.25, 0.3) is 11.8 Å². The van der Waals surface area contributed by atoms with E-state index in [4.69, 9.17) is 4.74 Å². The molecule has 5 nitrogen and oxygen atoms in total. The van der Waals surface area contributed by atoms with Crippen molar-refractivity contribution in [3.8, 4) is 5.75 Å². The Morgan fingerprint density at radius 3 is 2.36 bits per heavy atom. The van der Waals surface area contributed by atoms with E-state index < -0.39 is 6.10 Å². The lowest BCUT2D eigenvalue weighted by atomic mass is 10.1. The molecule has 0 unspecified atom stereocenters. The standard InChI is InChI=1S/C23H30N2O3/c1-7-19(28-20-13-12-15(2)14-16(20)3)22(27)24-18-11-9-8-10-17(18)21(26)25-23(4,5)6/h8-14,19H,7H2,1-6H3,(H,24,27)(H,25,26)/t19-/m1/s1. The molecule has 2 rings (SSSR count). The predicted octanol–water partition coefficient (Wildman–Crippen LogP) is 4.63. The molecule has 5 heteroatoms. The van der Waals surface area contributed by atoms with Crippen LogP contribution in [0.1, 0.15) is 55.6 Å². The van der Waals surface area contributed by atoms with Gasteiger partial charge in [-0.25, -0.2) is 0 Å². The van der Waals surface area contributed by atoms with Gasteiger partial charge >= 0.3 is 0 Å². The number of ether oxygens (including phenoxy) is 1. The molecule has 150 valence electrons. The lowest BCUT2D eigenvalue weighted by molar-refractivity contribution is -0.122. The van der Waals surface area contributed by atoms with Crippen LogP contribution in [0.5, 0.6) is 5.75 Å². The molecule has 2 amide bonds. The molecule has 0 aliphatic rings. The third-order valence-electron chi connectivity index (χ3n) is 4.18. The molecule has 0 saturated carbocycles. The van der Waals surface area contributed by atoms with E-state index >= 15 is 0 Å². The Kier molecular flexibility index (Phi) is 6.84. The van der Waals surface area contributed by atoms with E-state index in [0.29, 0.717) is 23.4 Å². The average molecular weight is 383 g/mol. The lowest BCUT2D eigenvalue weighted by Gasteiger charge is -2.22. The third kappa shape index (κ3) is 5.84. The van der Waals surface area contributed by atoms with E-state index in [1.165, 1.54) is 0 Å². The smallest absolute Gasteiger partial charge is 0.265 e. The van der Waals surface area contributed by atoms with Crippen molar-refractivity contribution in [2.75, 3.05) is 5.32 Å². The summed E-state index contributed by atoms with van der Waals surface area (Å²) in [5.74, 6) is 0.177. The minimum absolute atomic E-state index is 0.230. The van der Waals surface area contributed by atoms with E-state index in [2.05, 4.69) is 10.6 Å². The molecule has 0 saturated heterocycles. The topological polar surface area (TPSA) is 67.4 Å². The van der Waals surface area contributed by atoms with Gasteiger partial charge in [-0.3, -0.25) is 9.59 Å². The molecular weight excluding hydrogens is 352 g/mol. The first-order valence-corrected chi connectivity index (χ1v) is 9.57. The zero-order chi connectivity index (χ0) is 20.9. The van der Waals surface area contributed by atoms with E-state index in [1.807, 2.05) is 59.7 Å². The number of rotatable bonds is 6. The van der Waals surface area contributed by atoms with E-state index in [1.54, 1.807) is 24.3 Å². The normalized spacial score (nSPS) is 12.2. The van der Waals surface area contributed by atoms with Crippen molar-refractivity contribution in [1.29, 1.82) is 0 Å². The van der Waals surface area contributed by atoms with Crippen LogP contribution in [-0.4, -0.2) is 23.5 Å². The molecular formula is C23H30N2O3. The number of anilines is 1. The summed E-state index contributed by atoms with van der Waals surface area (Å²) in [5, 5.41) is 5.78. The van der Waals surface area contributed by atoms with Crippen LogP contribution in [0.4, 0.5) is 5.69 Å². The molecule has 0 spiro atoms. The first-order chi connectivity index (χ1) is 13.1. The summed E-state index contributed by atoms with van der Waals surface area (Å²) in [6.45, 7) is 11.6. The molecule has 2 N–H and O–H groups in total. The van der Waals surface area contributed by atoms with Crippen LogP contribution in [-0.2, 0) is 4.79 Å². The molecule has 2 aromatic rings. The Bertz CT molecular complexity index is 853. The van der Waals surface area contributed by atoms with Crippen LogP contribution in [0.15, 0.2) is 42.5 Å². The summed E-state index contributed by atoms with van der Waals surface area (Å²) in [4.78, 5) is 25.4. The van der Waals surface area contributed by atoms with Gasteiger partial charge in [0, 0.05) is 5.54 Å². The second kappa shape index (κ2) is 8.91. The van der Waals surface area contributed by atoms with Gasteiger partial charge in [-0.1, -0.05) is 36.8 Å². The maximum atomic E-state index is 12.8. The number of para-hydroxylation sites is 1. The van der Waals surface area contributed by atoms with Crippen LogP contribution >= 0.6 is 0 Å². The van der Waals surface area contributed by atoms with Crippen LogP contribution in [0, 0.1) is 13.8 Å². The summed E-state index contributed by atoms with van der Waals surface area (Å²) >= 11 is 0. The van der Waals surface area contributed by atoms with Gasteiger partial charge in [0.2, 0.25) is 0 Å². The highest BCUT2D eigenvalue weighted by molar-refractivity contribution is 6.04. The van der Waals surface area contributed by atoms with Gasteiger partial charge in [0.15, 0.2) is 6.10 Å². The molecule has 0 aliphatic heterocycles. The van der Waals surface area contributed by atoms with Crippen LogP contribution in [0.25, 0.3) is 0 Å². The lowest BCUT2D eigenvalue weighted by Crippen LogP contribution is -2.41. The van der Waals surface area contributed by atoms with Gasteiger partial charge < -0.3 is 15.4 Å². The van der Waals surface area contributed by atoms with E-state index in [-0.39, 0.29) is 17.4 Å². The average Bonchev–Trinajstić information content (AvgIpc) is 2.60. The number of hydrogen-bond acceptors (Lipinski definition) is 3. The van der Waals surface area contributed by atoms with Crippen LogP contribution in [0.2, 0.25) is 0 Å². The maximum absolute atomic E-state index is 12.8. The fourth-order valence-corrected chi connectivity index (χ4v) is 2.82. The van der Waals surface area contributed by atoms with Gasteiger partial charge in [0.05, 0.1) is 11.3 Å². The van der Waals surface area contributed by atoms with Crippen LogP contribution < -0.4 is 15.4 Å². The summed E-state index contributed by atoms with van der Waals surface area (Å²) in [6.07, 6.45) is -0.143. The quantitative estimate of drug-likeness (QED) is 0.765. The molecule has 0 fully saturated rings. The number of aryl methyl sites for hydroxylation is 2. The Morgan fingerprint density at radius 2 is 1.75 bits per heavy atom. The van der Waals surface area contributed by atoms with E-state index in [9.17, 15) is 9.59 Å². The Morgan fingerprint density at radius 1 is 1.07 bits per heavy atom. The van der Waals surface area contributed by atoms with Gasteiger partial charge in [-0.2, -0.15) is 0 Å². The second-order valence-corrected chi connectivity index (χ2v) is 8.02. The number of nitrogens with one attached hydrogen (secondary N) is 2. The molecule has 2 aromatic carbocycles. The monoisotopic (exact) mass is 382 g/mol. The highest BCUT2D eigenvalue weighted by Crippen LogP contribution is 2.22. The number of hydrogen-bond donors (Lipinski definition) is 2. The van der Waals surface area contributed by atoms with Crippen molar-refractivity contribution in [2.45, 2.75) is 59.6 Å². The Balaban J connectivity index is 2.17. The van der Waals surface area contributed by atoms with Gasteiger partial charge in [-0.05, 0) is 64.8 Å². The highest BCUT2D eigenvalue weighted by Gasteiger charge is 2.23. The number of carbonyl (C=O) groups excluding carboxylic acids is 2. The molecule has 0 aliphatic carbocycles. The van der Waals surface area contributed by atoms with Crippen molar-refractivity contribution in [3.63, 3.8) is 0 Å². The third-order valence-corrected chi connectivity index (χ3v) is 4.18. The summed E-state index contributed by atoms with van der Waals surface area (Å²) in [6, 6.07) is 12.8. The SMILES string of the molecule is CC[C@@H](Oc1ccc(C)cc1C)C(=O)Nc1ccccc1C(=O)NC(C)(C)C. The second-order valence-electron chi connectivity index (χ2n) is 8.02. The fourth-order valence-electron chi connectivity index (χ4n) is 2.82. The minimum Gasteiger partial charge on any atom is -0.480 e. The maximum Gasteiger partial charge on any atom is 0.265 e. The molecule has 0 aromatic heterocycles. The fraction of sp³-hybridized carbons (Fsp3) is 0.391. The molecule has 0 bridgehead atoms. The zero-order valence-electron chi connectivity index (χ0n) is 17.6. The highest BCUT2D eigenvalue weighted by atomic mass is 16.5. The first-order valence-electron chi connectivity index (χ1n) is 9.57. The van der Waals surface area contributed by atoms with Gasteiger partial charge in [0.1, 0.15) is 5.75 Å². The largest absolute Gasteiger partial charge is 0.480 e. The minimum atomic E-state index is -0.653. The van der Waals surface area contributed by atoms with Crippen molar-refractivity contribution in [3.05, 3.63) is 59.2 Å². The number of benzene rings is 2. The Hall–Kier alpha value is -2.82. The molecule has 28 heavy (non-hydrogen) atoms. The van der Waals surface area contributed by atoms with Gasteiger partial charge in [-0.15, -0.1) is 0 Å². The van der Waals surface area contributed by atoms with Crippen molar-refractivity contribution < 1.29 is 14.3 Å². The number of carbonyl (C=O) groups is 2. The van der Waals surface area contributed by atoms with E-state index in [0.717, 1.165) is 11.1 Å². The molecule has 0 radical (unpaired) electrons. The Labute approximate surface area is 167 Å². The molecule has 0 heterocycles. The van der Waals surface area contributed by atoms with Crippen LogP contribution in [0.3, 0.4) is 0 Å². The number of amides is 2. The summed E-state index contributed by atoms with van der Waals surface area (Å²) in [7, 11) is 0. The van der Waals surface area contributed by atoms with Crippen molar-refractivity contribution in [1.82, 2.24) is 5.32 Å². The first kappa shape index (κ1) is 21.5.